The Labute approximate surface area is 84.7 Å². The summed E-state index contributed by atoms with van der Waals surface area (Å²) in [6.45, 7) is 9.00. The average Bonchev–Trinajstić information content (AvgIpc) is 2.45. The van der Waals surface area contributed by atoms with Crippen molar-refractivity contribution in [3.8, 4) is 0 Å². The van der Waals surface area contributed by atoms with E-state index in [1.807, 2.05) is 6.92 Å². The highest BCUT2D eigenvalue weighted by Crippen LogP contribution is 2.23. The molecule has 1 heterocycles. The molecule has 0 aromatic heterocycles. The van der Waals surface area contributed by atoms with Crippen LogP contribution in [0.1, 0.15) is 27.7 Å². The van der Waals surface area contributed by atoms with Crippen molar-refractivity contribution in [2.75, 3.05) is 13.2 Å². The van der Waals surface area contributed by atoms with Crippen LogP contribution in [0.25, 0.3) is 0 Å². The number of rotatable bonds is 3. The minimum Gasteiger partial charge on any atom is -0.370 e. The molecule has 0 bridgehead atoms. The summed E-state index contributed by atoms with van der Waals surface area (Å²) >= 11 is 0. The van der Waals surface area contributed by atoms with Crippen molar-refractivity contribution in [3.05, 3.63) is 0 Å². The lowest BCUT2D eigenvalue weighted by Gasteiger charge is -2.30. The molecule has 1 unspecified atom stereocenters. The number of hydrogen-bond acceptors (Lipinski definition) is 3. The smallest absolute Gasteiger partial charge is 0.247 e. The molecule has 1 amide bonds. The van der Waals surface area contributed by atoms with Gasteiger partial charge in [-0.3, -0.25) is 9.79 Å². The molecule has 4 heteroatoms. The molecule has 1 atom stereocenters. The van der Waals surface area contributed by atoms with E-state index in [9.17, 15) is 4.79 Å². The summed E-state index contributed by atoms with van der Waals surface area (Å²) < 4.78 is 5.59. The van der Waals surface area contributed by atoms with Crippen molar-refractivity contribution in [2.24, 2.45) is 10.4 Å². The van der Waals surface area contributed by atoms with Gasteiger partial charge in [-0.15, -0.1) is 0 Å². The summed E-state index contributed by atoms with van der Waals surface area (Å²) in [7, 11) is 0. The van der Waals surface area contributed by atoms with E-state index in [1.165, 1.54) is 0 Å². The zero-order valence-electron chi connectivity index (χ0n) is 9.26. The Kier molecular flexibility index (Phi) is 3.26. The van der Waals surface area contributed by atoms with E-state index in [0.717, 1.165) is 0 Å². The van der Waals surface area contributed by atoms with Crippen LogP contribution in [-0.4, -0.2) is 31.0 Å². The van der Waals surface area contributed by atoms with Crippen LogP contribution in [0.4, 0.5) is 0 Å². The maximum absolute atomic E-state index is 11.0. The van der Waals surface area contributed by atoms with Gasteiger partial charge in [0.15, 0.2) is 0 Å². The molecule has 0 radical (unpaired) electrons. The lowest BCUT2D eigenvalue weighted by Crippen LogP contribution is -2.43. The Morgan fingerprint density at radius 3 is 2.57 bits per heavy atom. The fraction of sp³-hybridized carbons (Fsp3) is 0.800. The van der Waals surface area contributed by atoms with Gasteiger partial charge in [-0.1, -0.05) is 20.8 Å². The predicted octanol–water partition coefficient (Wildman–Crippen LogP) is 0.966. The van der Waals surface area contributed by atoms with Gasteiger partial charge < -0.3 is 10.1 Å². The summed E-state index contributed by atoms with van der Waals surface area (Å²) in [5.41, 5.74) is -0.0491. The van der Waals surface area contributed by atoms with E-state index in [1.54, 1.807) is 0 Å². The van der Waals surface area contributed by atoms with Crippen molar-refractivity contribution in [1.29, 1.82) is 0 Å². The van der Waals surface area contributed by atoms with Crippen molar-refractivity contribution in [2.45, 2.75) is 33.8 Å². The monoisotopic (exact) mass is 198 g/mol. The average molecular weight is 198 g/mol. The highest BCUT2D eigenvalue weighted by atomic mass is 16.5. The van der Waals surface area contributed by atoms with Crippen LogP contribution in [-0.2, 0) is 9.53 Å². The lowest BCUT2D eigenvalue weighted by molar-refractivity contribution is -0.117. The quantitative estimate of drug-likeness (QED) is 0.734. The van der Waals surface area contributed by atoms with Gasteiger partial charge in [0, 0.05) is 6.61 Å². The van der Waals surface area contributed by atoms with E-state index < -0.39 is 0 Å². The number of aliphatic imine (C=N–C) groups is 1. The third kappa shape index (κ3) is 2.54. The second-order valence-electron chi connectivity index (χ2n) is 4.45. The van der Waals surface area contributed by atoms with E-state index in [2.05, 4.69) is 31.1 Å². The summed E-state index contributed by atoms with van der Waals surface area (Å²) in [5, 5.41) is 2.73. The first kappa shape index (κ1) is 11.2. The molecule has 1 aliphatic heterocycles. The maximum atomic E-state index is 11.0. The minimum absolute atomic E-state index is 0.0473. The van der Waals surface area contributed by atoms with Gasteiger partial charge in [0.1, 0.15) is 18.5 Å². The Morgan fingerprint density at radius 2 is 2.21 bits per heavy atom. The number of carbonyl (C=O) groups is 1. The predicted molar refractivity (Wildman–Crippen MR) is 55.3 cm³/mol. The molecule has 1 N–H and O–H groups in total. The topological polar surface area (TPSA) is 50.7 Å². The van der Waals surface area contributed by atoms with Gasteiger partial charge >= 0.3 is 0 Å². The van der Waals surface area contributed by atoms with E-state index in [-0.39, 0.29) is 24.0 Å². The van der Waals surface area contributed by atoms with Crippen LogP contribution < -0.4 is 5.32 Å². The summed E-state index contributed by atoms with van der Waals surface area (Å²) in [6, 6.07) is 0. The first-order valence-electron chi connectivity index (χ1n) is 4.91. The normalized spacial score (nSPS) is 19.1. The molecule has 80 valence electrons. The second kappa shape index (κ2) is 4.09. The lowest BCUT2D eigenvalue weighted by atomic mass is 9.88. The molecule has 0 aliphatic carbocycles. The first-order chi connectivity index (χ1) is 6.45. The fourth-order valence-electron chi connectivity index (χ4n) is 1.43. The third-order valence-electron chi connectivity index (χ3n) is 2.03. The van der Waals surface area contributed by atoms with Gasteiger partial charge in [0.25, 0.3) is 0 Å². The summed E-state index contributed by atoms with van der Waals surface area (Å²) in [5.74, 6) is 0.623. The highest BCUT2D eigenvalue weighted by Gasteiger charge is 2.33. The Morgan fingerprint density at radius 1 is 1.57 bits per heavy atom. The highest BCUT2D eigenvalue weighted by molar-refractivity contribution is 6.06. The fourth-order valence-corrected chi connectivity index (χ4v) is 1.43. The van der Waals surface area contributed by atoms with Crippen molar-refractivity contribution >= 4 is 11.7 Å². The van der Waals surface area contributed by atoms with Gasteiger partial charge in [-0.05, 0) is 12.3 Å². The summed E-state index contributed by atoms with van der Waals surface area (Å²) in [6.07, 6.45) is -0.126. The molecule has 4 nitrogen and oxygen atoms in total. The van der Waals surface area contributed by atoms with E-state index in [4.69, 9.17) is 4.74 Å². The van der Waals surface area contributed by atoms with Crippen LogP contribution in [0.5, 0.6) is 0 Å². The summed E-state index contributed by atoms with van der Waals surface area (Å²) in [4.78, 5) is 15.1. The zero-order valence-corrected chi connectivity index (χ0v) is 9.26. The molecule has 0 fully saturated rings. The number of carbonyl (C=O) groups excluding carboxylic acids is 1. The number of ether oxygens (including phenoxy) is 1. The van der Waals surface area contributed by atoms with Crippen LogP contribution in [0, 0.1) is 5.41 Å². The van der Waals surface area contributed by atoms with E-state index >= 15 is 0 Å². The molecule has 14 heavy (non-hydrogen) atoms. The number of amides is 1. The Bertz CT molecular complexity index is 253. The van der Waals surface area contributed by atoms with Gasteiger partial charge in [0.05, 0.1) is 0 Å². The SMILES string of the molecule is CCOC(C1=NCC(=O)N1)C(C)(C)C. The third-order valence-corrected chi connectivity index (χ3v) is 2.03. The standard InChI is InChI=1S/C10H18N2O2/c1-5-14-8(10(2,3)4)9-11-6-7(13)12-9/h8H,5-6H2,1-4H3,(H,11,12,13). The first-order valence-corrected chi connectivity index (χ1v) is 4.91. The number of nitrogens with zero attached hydrogens (tertiary/aromatic N) is 1. The molecule has 1 rings (SSSR count). The van der Waals surface area contributed by atoms with Crippen LogP contribution in [0.3, 0.4) is 0 Å². The zero-order chi connectivity index (χ0) is 10.8. The molecule has 0 spiro atoms. The Hall–Kier alpha value is -0.900. The van der Waals surface area contributed by atoms with Gasteiger partial charge in [-0.25, -0.2) is 0 Å². The van der Waals surface area contributed by atoms with Crippen LogP contribution >= 0.6 is 0 Å². The molecule has 1 aliphatic rings. The molecule has 0 aromatic rings. The van der Waals surface area contributed by atoms with Crippen LogP contribution in [0.2, 0.25) is 0 Å². The molecule has 0 saturated heterocycles. The van der Waals surface area contributed by atoms with E-state index in [0.29, 0.717) is 12.4 Å². The molecular weight excluding hydrogens is 180 g/mol. The van der Waals surface area contributed by atoms with Gasteiger partial charge in [-0.2, -0.15) is 0 Å². The number of hydrogen-bond donors (Lipinski definition) is 1. The van der Waals surface area contributed by atoms with Crippen molar-refractivity contribution in [3.63, 3.8) is 0 Å². The number of nitrogens with one attached hydrogen (secondary N) is 1. The van der Waals surface area contributed by atoms with Crippen LogP contribution in [0.15, 0.2) is 4.99 Å². The molecule has 0 aromatic carbocycles. The van der Waals surface area contributed by atoms with Crippen molar-refractivity contribution < 1.29 is 9.53 Å². The second-order valence-corrected chi connectivity index (χ2v) is 4.45. The Balaban J connectivity index is 2.73. The van der Waals surface area contributed by atoms with Gasteiger partial charge in [0.2, 0.25) is 5.91 Å². The molecule has 0 saturated carbocycles. The largest absolute Gasteiger partial charge is 0.370 e. The van der Waals surface area contributed by atoms with Crippen molar-refractivity contribution in [1.82, 2.24) is 5.32 Å². The molecular formula is C10H18N2O2. The maximum Gasteiger partial charge on any atom is 0.247 e. The number of amidine groups is 1. The minimum atomic E-state index is -0.126.